The quantitative estimate of drug-likeness (QED) is 0.129. The van der Waals surface area contributed by atoms with E-state index in [0.717, 1.165) is 33.6 Å². The largest absolute Gasteiger partial charge is 0.488 e. The highest BCUT2D eigenvalue weighted by molar-refractivity contribution is 6.59. The minimum Gasteiger partial charge on any atom is -0.457 e. The first kappa shape index (κ1) is 36.2. The molecule has 4 aromatic carbocycles. The van der Waals surface area contributed by atoms with Crippen LogP contribution in [0.4, 0.5) is 11.4 Å². The highest BCUT2D eigenvalue weighted by Crippen LogP contribution is 2.26. The molecule has 11 heteroatoms. The van der Waals surface area contributed by atoms with E-state index in [2.05, 4.69) is 0 Å². The van der Waals surface area contributed by atoms with Crippen molar-refractivity contribution in [3.05, 3.63) is 166 Å². The van der Waals surface area contributed by atoms with E-state index in [1.807, 2.05) is 121 Å². The van der Waals surface area contributed by atoms with Crippen molar-refractivity contribution < 1.29 is 24.8 Å². The number of hydrogen-bond acceptors (Lipinski definition) is 9. The summed E-state index contributed by atoms with van der Waals surface area (Å²) < 4.78 is 6.11. The van der Waals surface area contributed by atoms with Crippen LogP contribution in [0.1, 0.15) is 22.3 Å². The summed E-state index contributed by atoms with van der Waals surface area (Å²) in [5, 5.41) is 57.9. The van der Waals surface area contributed by atoms with E-state index in [4.69, 9.17) is 4.74 Å². The van der Waals surface area contributed by atoms with Crippen LogP contribution in [0.2, 0.25) is 0 Å². The van der Waals surface area contributed by atoms with Gasteiger partial charge in [0, 0.05) is 44.1 Å². The molecule has 252 valence electrons. The van der Waals surface area contributed by atoms with Gasteiger partial charge in [0.2, 0.25) is 0 Å². The molecule has 0 atom stereocenters. The third kappa shape index (κ3) is 9.55. The van der Waals surface area contributed by atoms with Crippen LogP contribution in [0, 0.1) is 22.7 Å². The monoisotopic (exact) mass is 674 g/mol. The van der Waals surface area contributed by atoms with E-state index in [0.29, 0.717) is 41.1 Å². The molecule has 0 saturated carbocycles. The summed E-state index contributed by atoms with van der Waals surface area (Å²) in [6, 6.07) is 34.0. The van der Waals surface area contributed by atoms with Gasteiger partial charge in [0.1, 0.15) is 29.2 Å². The highest BCUT2D eigenvalue weighted by Gasteiger charge is 2.18. The van der Waals surface area contributed by atoms with Crippen LogP contribution in [0.25, 0.3) is 12.2 Å². The molecule has 0 fully saturated rings. The summed E-state index contributed by atoms with van der Waals surface area (Å²) in [7, 11) is 0.787. The van der Waals surface area contributed by atoms with Crippen molar-refractivity contribution in [1.82, 2.24) is 0 Å². The first-order valence-electron chi connectivity index (χ1n) is 16.2. The number of ether oxygens (including phenoxy) is 1. The zero-order chi connectivity index (χ0) is 36.3. The molecule has 0 spiro atoms. The maximum absolute atomic E-state index is 9.71. The molecule has 0 amide bonds. The molecule has 51 heavy (non-hydrogen) atoms. The fraction of sp³-hybridized carbons (Fsp3) is 0.100. The Morgan fingerprint density at radius 2 is 1.00 bits per heavy atom. The van der Waals surface area contributed by atoms with Crippen LogP contribution in [0.15, 0.2) is 144 Å². The Bertz CT molecular complexity index is 1940. The standard InChI is InChI=1S/C40H36B2N4O5/c1-45(27-31-7-3-5-9-39(31)41(47)48)35-17-11-29(12-18-35)15-21-37-23-33(34(25-43)26-44)24-38(51-37)22-16-30-13-19-36(20-14-30)46(2)28-32-8-4-6-10-40(32)42(49)50/h3-24,47-50H,27-28H2,1-2H3/b21-15+,22-16+. The van der Waals surface area contributed by atoms with E-state index >= 15 is 0 Å². The Kier molecular flexibility index (Phi) is 12.1. The second kappa shape index (κ2) is 17.0. The molecule has 4 aromatic rings. The number of anilines is 2. The SMILES string of the molecule is CN(Cc1ccccc1B(O)O)c1ccc(/C=C/C2=CC(=C(C#N)C#N)C=C(/C=C/c3ccc(N(C)Cc4ccccc4B(O)O)cc3)O2)cc1. The van der Waals surface area contributed by atoms with Crippen molar-refractivity contribution in [3.63, 3.8) is 0 Å². The van der Waals surface area contributed by atoms with Crippen molar-refractivity contribution in [2.75, 3.05) is 23.9 Å². The highest BCUT2D eigenvalue weighted by atomic mass is 16.5. The van der Waals surface area contributed by atoms with Crippen LogP contribution in [-0.2, 0) is 17.8 Å². The van der Waals surface area contributed by atoms with Crippen molar-refractivity contribution >= 4 is 48.7 Å². The summed E-state index contributed by atoms with van der Waals surface area (Å²) in [6.07, 6.45) is 10.6. The first-order chi connectivity index (χ1) is 24.6. The average Bonchev–Trinajstić information content (AvgIpc) is 3.14. The number of rotatable bonds is 12. The smallest absolute Gasteiger partial charge is 0.457 e. The Hall–Kier alpha value is -6.07. The Balaban J connectivity index is 1.26. The van der Waals surface area contributed by atoms with Crippen LogP contribution < -0.4 is 20.7 Å². The van der Waals surface area contributed by atoms with Gasteiger partial charge in [-0.05, 0) is 81.7 Å². The van der Waals surface area contributed by atoms with E-state index in [-0.39, 0.29) is 5.57 Å². The molecule has 0 unspecified atom stereocenters. The average molecular weight is 674 g/mol. The third-order valence-corrected chi connectivity index (χ3v) is 8.37. The number of hydrogen-bond donors (Lipinski definition) is 4. The lowest BCUT2D eigenvalue weighted by atomic mass is 9.77. The van der Waals surface area contributed by atoms with Gasteiger partial charge < -0.3 is 34.6 Å². The molecular weight excluding hydrogens is 638 g/mol. The molecule has 1 heterocycles. The predicted octanol–water partition coefficient (Wildman–Crippen LogP) is 4.19. The zero-order valence-corrected chi connectivity index (χ0v) is 28.3. The minimum atomic E-state index is -1.54. The molecule has 0 bridgehead atoms. The Morgan fingerprint density at radius 3 is 1.37 bits per heavy atom. The molecule has 0 radical (unpaired) electrons. The van der Waals surface area contributed by atoms with Gasteiger partial charge in [0.05, 0.1) is 0 Å². The van der Waals surface area contributed by atoms with Gasteiger partial charge in [0.25, 0.3) is 0 Å². The molecule has 5 rings (SSSR count). The lowest BCUT2D eigenvalue weighted by Crippen LogP contribution is -2.35. The molecule has 0 aromatic heterocycles. The Labute approximate surface area is 298 Å². The summed E-state index contributed by atoms with van der Waals surface area (Å²) in [5.74, 6) is 0.918. The van der Waals surface area contributed by atoms with E-state index < -0.39 is 14.2 Å². The first-order valence-corrected chi connectivity index (χ1v) is 16.2. The maximum Gasteiger partial charge on any atom is 0.488 e. The number of nitriles is 2. The summed E-state index contributed by atoms with van der Waals surface area (Å²) >= 11 is 0. The van der Waals surface area contributed by atoms with Crippen molar-refractivity contribution in [3.8, 4) is 12.1 Å². The van der Waals surface area contributed by atoms with Crippen molar-refractivity contribution in [2.24, 2.45) is 0 Å². The number of nitrogens with zero attached hydrogens (tertiary/aromatic N) is 4. The molecule has 0 saturated heterocycles. The van der Waals surface area contributed by atoms with Crippen molar-refractivity contribution in [1.29, 1.82) is 10.5 Å². The van der Waals surface area contributed by atoms with Gasteiger partial charge in [-0.1, -0.05) is 84.9 Å². The van der Waals surface area contributed by atoms with E-state index in [1.54, 1.807) is 48.6 Å². The lowest BCUT2D eigenvalue weighted by Gasteiger charge is -2.21. The van der Waals surface area contributed by atoms with E-state index in [9.17, 15) is 30.6 Å². The second-order valence-corrected chi connectivity index (χ2v) is 12.0. The van der Waals surface area contributed by atoms with Gasteiger partial charge in [-0.25, -0.2) is 0 Å². The van der Waals surface area contributed by atoms with Crippen LogP contribution in [-0.4, -0.2) is 48.4 Å². The molecule has 1 aliphatic rings. The molecular formula is C40H36B2N4O5. The maximum atomic E-state index is 9.71. The van der Waals surface area contributed by atoms with Gasteiger partial charge in [0.15, 0.2) is 0 Å². The van der Waals surface area contributed by atoms with Crippen molar-refractivity contribution in [2.45, 2.75) is 13.1 Å². The fourth-order valence-electron chi connectivity index (χ4n) is 5.60. The minimum absolute atomic E-state index is 0.0274. The van der Waals surface area contributed by atoms with Gasteiger partial charge in [-0.2, -0.15) is 10.5 Å². The van der Waals surface area contributed by atoms with Crippen LogP contribution >= 0.6 is 0 Å². The topological polar surface area (TPSA) is 144 Å². The molecule has 4 N–H and O–H groups in total. The third-order valence-electron chi connectivity index (χ3n) is 8.37. The van der Waals surface area contributed by atoms with E-state index in [1.165, 1.54) is 0 Å². The predicted molar refractivity (Wildman–Crippen MR) is 203 cm³/mol. The molecule has 9 nitrogen and oxygen atoms in total. The molecule has 0 aliphatic carbocycles. The fourth-order valence-corrected chi connectivity index (χ4v) is 5.60. The zero-order valence-electron chi connectivity index (χ0n) is 28.3. The molecule has 1 aliphatic heterocycles. The van der Waals surface area contributed by atoms with Gasteiger partial charge in [-0.3, -0.25) is 0 Å². The van der Waals surface area contributed by atoms with Crippen LogP contribution in [0.5, 0.6) is 0 Å². The Morgan fingerprint density at radius 1 is 0.608 bits per heavy atom. The summed E-state index contributed by atoms with van der Waals surface area (Å²) in [4.78, 5) is 4.03. The summed E-state index contributed by atoms with van der Waals surface area (Å²) in [5.41, 5.74) is 6.70. The number of allylic oxidation sites excluding steroid dienone is 6. The summed E-state index contributed by atoms with van der Waals surface area (Å²) in [6.45, 7) is 0.990. The lowest BCUT2D eigenvalue weighted by molar-refractivity contribution is 0.332. The van der Waals surface area contributed by atoms with Crippen LogP contribution in [0.3, 0.4) is 0 Å². The number of benzene rings is 4. The van der Waals surface area contributed by atoms with Gasteiger partial charge >= 0.3 is 14.2 Å². The van der Waals surface area contributed by atoms with Gasteiger partial charge in [-0.15, -0.1) is 0 Å². The second-order valence-electron chi connectivity index (χ2n) is 12.0. The normalized spacial score (nSPS) is 12.4.